The molecule has 2 aliphatic rings. The summed E-state index contributed by atoms with van der Waals surface area (Å²) in [4.78, 5) is 14.3. The van der Waals surface area contributed by atoms with E-state index in [4.69, 9.17) is 4.74 Å². The molecule has 1 heterocycles. The molecule has 1 N–H and O–H groups in total. The van der Waals surface area contributed by atoms with E-state index in [1.807, 2.05) is 0 Å². The van der Waals surface area contributed by atoms with Gasteiger partial charge in [0.1, 0.15) is 11.6 Å². The number of nitrogens with zero attached hydrogens (tertiary/aromatic N) is 1. The highest BCUT2D eigenvalue weighted by atomic mass is 19.1. The summed E-state index contributed by atoms with van der Waals surface area (Å²) in [5.74, 6) is 0.0810. The molecule has 1 aromatic carbocycles. The highest BCUT2D eigenvalue weighted by molar-refractivity contribution is 5.77. The van der Waals surface area contributed by atoms with E-state index in [1.165, 1.54) is 37.1 Å². The fraction of sp³-hybridized carbons (Fsp3) is 0.533. The van der Waals surface area contributed by atoms with Gasteiger partial charge in [0.2, 0.25) is 0 Å². The predicted molar refractivity (Wildman–Crippen MR) is 73.0 cm³/mol. The third-order valence-electron chi connectivity index (χ3n) is 3.83. The maximum atomic E-state index is 12.7. The number of benzene rings is 1. The lowest BCUT2D eigenvalue weighted by molar-refractivity contribution is -0.123. The number of likely N-dealkylation sites (tertiary alicyclic amines) is 1. The van der Waals surface area contributed by atoms with Crippen molar-refractivity contribution >= 4 is 5.91 Å². The van der Waals surface area contributed by atoms with Crippen LogP contribution in [-0.4, -0.2) is 42.6 Å². The number of hydrogen-bond donors (Lipinski definition) is 1. The van der Waals surface area contributed by atoms with E-state index in [0.717, 1.165) is 25.6 Å². The van der Waals surface area contributed by atoms with Gasteiger partial charge in [-0.25, -0.2) is 4.39 Å². The summed E-state index contributed by atoms with van der Waals surface area (Å²) in [5, 5.41) is 2.99. The normalized spacial score (nSPS) is 22.8. The van der Waals surface area contributed by atoms with Gasteiger partial charge in [-0.2, -0.15) is 0 Å². The lowest BCUT2D eigenvalue weighted by atomic mass is 10.2. The molecule has 1 aliphatic heterocycles. The minimum absolute atomic E-state index is 0.0223. The molecule has 108 valence electrons. The van der Waals surface area contributed by atoms with Gasteiger partial charge in [-0.1, -0.05) is 0 Å². The maximum absolute atomic E-state index is 12.7. The van der Waals surface area contributed by atoms with Crippen LogP contribution in [0.15, 0.2) is 24.3 Å². The number of hydrogen-bond acceptors (Lipinski definition) is 3. The van der Waals surface area contributed by atoms with Crippen LogP contribution in [0.3, 0.4) is 0 Å². The van der Waals surface area contributed by atoms with Crippen molar-refractivity contribution in [3.05, 3.63) is 30.1 Å². The van der Waals surface area contributed by atoms with Crippen LogP contribution >= 0.6 is 0 Å². The van der Waals surface area contributed by atoms with Crippen molar-refractivity contribution in [3.63, 3.8) is 0 Å². The Morgan fingerprint density at radius 2 is 2.05 bits per heavy atom. The Kier molecular flexibility index (Phi) is 3.87. The van der Waals surface area contributed by atoms with Gasteiger partial charge in [0.05, 0.1) is 0 Å². The molecule has 0 spiro atoms. The van der Waals surface area contributed by atoms with Crippen molar-refractivity contribution in [3.8, 4) is 5.75 Å². The van der Waals surface area contributed by atoms with Crippen molar-refractivity contribution in [2.75, 3.05) is 19.7 Å². The number of carbonyl (C=O) groups is 1. The van der Waals surface area contributed by atoms with Gasteiger partial charge < -0.3 is 10.1 Å². The highest BCUT2D eigenvalue weighted by Crippen LogP contribution is 2.29. The second kappa shape index (κ2) is 5.79. The van der Waals surface area contributed by atoms with Crippen LogP contribution in [-0.2, 0) is 4.79 Å². The van der Waals surface area contributed by atoms with E-state index in [1.54, 1.807) is 0 Å². The van der Waals surface area contributed by atoms with Crippen molar-refractivity contribution in [1.29, 1.82) is 0 Å². The molecule has 3 rings (SSSR count). The van der Waals surface area contributed by atoms with Gasteiger partial charge in [-0.05, 0) is 43.5 Å². The Balaban J connectivity index is 1.40. The van der Waals surface area contributed by atoms with Crippen LogP contribution in [0.1, 0.15) is 19.3 Å². The SMILES string of the molecule is O=C(COc1ccc(F)cc1)N[C@H]1CCN(C2CC2)C1. The summed E-state index contributed by atoms with van der Waals surface area (Å²) in [5.41, 5.74) is 0. The predicted octanol–water partition coefficient (Wildman–Crippen LogP) is 1.56. The van der Waals surface area contributed by atoms with Crippen LogP contribution in [0.25, 0.3) is 0 Å². The summed E-state index contributed by atoms with van der Waals surface area (Å²) >= 11 is 0. The molecule has 5 heteroatoms. The summed E-state index contributed by atoms with van der Waals surface area (Å²) < 4.78 is 18.1. The van der Waals surface area contributed by atoms with Gasteiger partial charge in [0.25, 0.3) is 5.91 Å². The molecule has 0 radical (unpaired) electrons. The monoisotopic (exact) mass is 278 g/mol. The molecule has 1 aliphatic carbocycles. The van der Waals surface area contributed by atoms with Crippen LogP contribution in [0.2, 0.25) is 0 Å². The Morgan fingerprint density at radius 1 is 1.30 bits per heavy atom. The van der Waals surface area contributed by atoms with E-state index in [2.05, 4.69) is 10.2 Å². The third-order valence-corrected chi connectivity index (χ3v) is 3.83. The molecule has 0 aromatic heterocycles. The maximum Gasteiger partial charge on any atom is 0.258 e. The standard InChI is InChI=1S/C15H19FN2O2/c16-11-1-5-14(6-2-11)20-10-15(19)17-12-7-8-18(9-12)13-3-4-13/h1-2,5-6,12-13H,3-4,7-10H2,(H,17,19)/t12-/m0/s1. The number of ether oxygens (including phenoxy) is 1. The van der Waals surface area contributed by atoms with E-state index >= 15 is 0 Å². The summed E-state index contributed by atoms with van der Waals surface area (Å²) in [6, 6.07) is 6.67. The molecular formula is C15H19FN2O2. The minimum Gasteiger partial charge on any atom is -0.484 e. The number of carbonyl (C=O) groups excluding carboxylic acids is 1. The fourth-order valence-electron chi connectivity index (χ4n) is 2.63. The summed E-state index contributed by atoms with van der Waals surface area (Å²) in [6.45, 7) is 2.01. The molecule has 0 unspecified atom stereocenters. The van der Waals surface area contributed by atoms with Gasteiger partial charge in [-0.3, -0.25) is 9.69 Å². The molecular weight excluding hydrogens is 259 g/mol. The van der Waals surface area contributed by atoms with Gasteiger partial charge >= 0.3 is 0 Å². The second-order valence-electron chi connectivity index (χ2n) is 5.52. The zero-order valence-corrected chi connectivity index (χ0v) is 11.3. The molecule has 1 saturated heterocycles. The zero-order valence-electron chi connectivity index (χ0n) is 11.3. The molecule has 0 bridgehead atoms. The number of rotatable bonds is 5. The van der Waals surface area contributed by atoms with E-state index in [0.29, 0.717) is 5.75 Å². The van der Waals surface area contributed by atoms with E-state index in [9.17, 15) is 9.18 Å². The largest absolute Gasteiger partial charge is 0.484 e. The molecule has 1 amide bonds. The van der Waals surface area contributed by atoms with E-state index in [-0.39, 0.29) is 24.4 Å². The number of nitrogens with one attached hydrogen (secondary N) is 1. The van der Waals surface area contributed by atoms with Crippen LogP contribution in [0.5, 0.6) is 5.75 Å². The fourth-order valence-corrected chi connectivity index (χ4v) is 2.63. The first-order valence-corrected chi connectivity index (χ1v) is 7.12. The average Bonchev–Trinajstić information content (AvgIpc) is 3.19. The third kappa shape index (κ3) is 3.48. The Labute approximate surface area is 117 Å². The Bertz CT molecular complexity index is 473. The van der Waals surface area contributed by atoms with Crippen LogP contribution in [0.4, 0.5) is 4.39 Å². The Hall–Kier alpha value is -1.62. The smallest absolute Gasteiger partial charge is 0.258 e. The van der Waals surface area contributed by atoms with Crippen LogP contribution < -0.4 is 10.1 Å². The molecule has 2 fully saturated rings. The average molecular weight is 278 g/mol. The first kappa shape index (κ1) is 13.4. The van der Waals surface area contributed by atoms with Gasteiger partial charge in [0, 0.05) is 25.2 Å². The quantitative estimate of drug-likeness (QED) is 0.888. The van der Waals surface area contributed by atoms with Crippen molar-refractivity contribution in [1.82, 2.24) is 10.2 Å². The molecule has 1 atom stereocenters. The van der Waals surface area contributed by atoms with Gasteiger partial charge in [-0.15, -0.1) is 0 Å². The lowest BCUT2D eigenvalue weighted by Crippen LogP contribution is -2.39. The zero-order chi connectivity index (χ0) is 13.9. The number of amides is 1. The second-order valence-corrected chi connectivity index (χ2v) is 5.52. The lowest BCUT2D eigenvalue weighted by Gasteiger charge is -2.16. The Morgan fingerprint density at radius 3 is 2.75 bits per heavy atom. The van der Waals surface area contributed by atoms with Crippen molar-refractivity contribution in [2.45, 2.75) is 31.3 Å². The van der Waals surface area contributed by atoms with E-state index < -0.39 is 0 Å². The first-order valence-electron chi connectivity index (χ1n) is 7.12. The first-order chi connectivity index (χ1) is 9.70. The molecule has 1 saturated carbocycles. The van der Waals surface area contributed by atoms with Crippen molar-refractivity contribution in [2.24, 2.45) is 0 Å². The van der Waals surface area contributed by atoms with Crippen LogP contribution in [0, 0.1) is 5.82 Å². The molecule has 1 aromatic rings. The summed E-state index contributed by atoms with van der Waals surface area (Å²) in [7, 11) is 0. The number of halogens is 1. The molecule has 20 heavy (non-hydrogen) atoms. The minimum atomic E-state index is -0.312. The van der Waals surface area contributed by atoms with Crippen molar-refractivity contribution < 1.29 is 13.9 Å². The molecule has 4 nitrogen and oxygen atoms in total. The topological polar surface area (TPSA) is 41.6 Å². The summed E-state index contributed by atoms with van der Waals surface area (Å²) in [6.07, 6.45) is 3.61. The highest BCUT2D eigenvalue weighted by Gasteiger charge is 2.34. The van der Waals surface area contributed by atoms with Gasteiger partial charge in [0.15, 0.2) is 6.61 Å².